The van der Waals surface area contributed by atoms with Crippen LogP contribution in [0.5, 0.6) is 0 Å². The van der Waals surface area contributed by atoms with E-state index in [9.17, 15) is 14.4 Å². The van der Waals surface area contributed by atoms with E-state index in [1.165, 1.54) is 0 Å². The van der Waals surface area contributed by atoms with Crippen LogP contribution in [0.3, 0.4) is 0 Å². The molecule has 0 spiro atoms. The lowest BCUT2D eigenvalue weighted by atomic mass is 10.0. The van der Waals surface area contributed by atoms with Crippen molar-refractivity contribution in [3.8, 4) is 0 Å². The number of aliphatic carboxylic acids is 1. The second kappa shape index (κ2) is 6.82. The molecule has 0 saturated heterocycles. The van der Waals surface area contributed by atoms with Crippen molar-refractivity contribution in [1.29, 1.82) is 0 Å². The Kier molecular flexibility index (Phi) is 4.85. The number of carboxylic acid groups (broad SMARTS) is 1. The van der Waals surface area contributed by atoms with E-state index in [4.69, 9.17) is 10.8 Å². The first kappa shape index (κ1) is 15.7. The highest BCUT2D eigenvalue weighted by Gasteiger charge is 2.16. The molecule has 4 N–H and O–H groups in total. The van der Waals surface area contributed by atoms with Crippen molar-refractivity contribution < 1.29 is 19.5 Å². The fourth-order valence-electron chi connectivity index (χ4n) is 2.09. The van der Waals surface area contributed by atoms with Crippen LogP contribution >= 0.6 is 0 Å². The molecule has 0 aromatic heterocycles. The number of benzene rings is 2. The summed E-state index contributed by atoms with van der Waals surface area (Å²) in [5.74, 6) is -2.23. The van der Waals surface area contributed by atoms with Gasteiger partial charge >= 0.3 is 5.97 Å². The molecule has 0 saturated carbocycles. The van der Waals surface area contributed by atoms with E-state index in [0.29, 0.717) is 5.56 Å². The van der Waals surface area contributed by atoms with Crippen molar-refractivity contribution >= 4 is 28.6 Å². The zero-order chi connectivity index (χ0) is 16.1. The molecule has 0 aliphatic carbocycles. The van der Waals surface area contributed by atoms with Crippen molar-refractivity contribution in [2.45, 2.75) is 18.9 Å². The Morgan fingerprint density at radius 2 is 1.77 bits per heavy atom. The SMILES string of the molecule is NC(CCC(=O)NC(=O)c1cccc2ccccc12)C(=O)O. The summed E-state index contributed by atoms with van der Waals surface area (Å²) in [6.07, 6.45) is -0.145. The number of nitrogens with two attached hydrogens (primary N) is 1. The Balaban J connectivity index is 2.05. The Morgan fingerprint density at radius 3 is 2.50 bits per heavy atom. The number of hydrogen-bond donors (Lipinski definition) is 3. The third-order valence-corrected chi connectivity index (χ3v) is 3.29. The first-order valence-electron chi connectivity index (χ1n) is 6.79. The van der Waals surface area contributed by atoms with E-state index in [1.54, 1.807) is 18.2 Å². The molecule has 0 heterocycles. The maximum atomic E-state index is 12.2. The van der Waals surface area contributed by atoms with Gasteiger partial charge in [-0.25, -0.2) is 0 Å². The van der Waals surface area contributed by atoms with Gasteiger partial charge in [-0.1, -0.05) is 36.4 Å². The summed E-state index contributed by atoms with van der Waals surface area (Å²) < 4.78 is 0. The normalized spacial score (nSPS) is 11.9. The van der Waals surface area contributed by atoms with E-state index in [-0.39, 0.29) is 12.8 Å². The third kappa shape index (κ3) is 3.67. The van der Waals surface area contributed by atoms with E-state index >= 15 is 0 Å². The molecule has 22 heavy (non-hydrogen) atoms. The maximum Gasteiger partial charge on any atom is 0.320 e. The second-order valence-electron chi connectivity index (χ2n) is 4.89. The highest BCUT2D eigenvalue weighted by atomic mass is 16.4. The van der Waals surface area contributed by atoms with Crippen LogP contribution in [0.15, 0.2) is 42.5 Å². The number of amides is 2. The average molecular weight is 300 g/mol. The average Bonchev–Trinajstić information content (AvgIpc) is 2.51. The van der Waals surface area contributed by atoms with Crippen LogP contribution in [0.1, 0.15) is 23.2 Å². The van der Waals surface area contributed by atoms with Crippen molar-refractivity contribution in [2.24, 2.45) is 5.73 Å². The van der Waals surface area contributed by atoms with Gasteiger partial charge in [0.25, 0.3) is 5.91 Å². The van der Waals surface area contributed by atoms with Gasteiger partial charge in [0.15, 0.2) is 0 Å². The van der Waals surface area contributed by atoms with E-state index in [1.807, 2.05) is 24.3 Å². The van der Waals surface area contributed by atoms with Gasteiger partial charge in [-0.3, -0.25) is 19.7 Å². The summed E-state index contributed by atoms with van der Waals surface area (Å²) in [5.41, 5.74) is 5.71. The molecule has 0 radical (unpaired) electrons. The number of rotatable bonds is 5. The molecule has 0 aliphatic heterocycles. The molecule has 0 bridgehead atoms. The molecule has 2 aromatic rings. The Bertz CT molecular complexity index is 722. The number of imide groups is 1. The highest BCUT2D eigenvalue weighted by molar-refractivity contribution is 6.12. The van der Waals surface area contributed by atoms with Crippen molar-refractivity contribution in [3.05, 3.63) is 48.0 Å². The fourth-order valence-corrected chi connectivity index (χ4v) is 2.09. The summed E-state index contributed by atoms with van der Waals surface area (Å²) in [5, 5.41) is 12.6. The molecule has 0 fully saturated rings. The largest absolute Gasteiger partial charge is 0.480 e. The zero-order valence-electron chi connectivity index (χ0n) is 11.8. The topological polar surface area (TPSA) is 109 Å². The minimum Gasteiger partial charge on any atom is -0.480 e. The maximum absolute atomic E-state index is 12.2. The smallest absolute Gasteiger partial charge is 0.320 e. The Hall–Kier alpha value is -2.73. The van der Waals surface area contributed by atoms with Gasteiger partial charge < -0.3 is 10.8 Å². The van der Waals surface area contributed by atoms with E-state index in [0.717, 1.165) is 10.8 Å². The van der Waals surface area contributed by atoms with Gasteiger partial charge in [-0.05, 0) is 23.3 Å². The first-order chi connectivity index (χ1) is 10.5. The molecule has 2 amide bonds. The number of fused-ring (bicyclic) bond motifs is 1. The third-order valence-electron chi connectivity index (χ3n) is 3.29. The van der Waals surface area contributed by atoms with Crippen LogP contribution in [-0.4, -0.2) is 28.9 Å². The summed E-state index contributed by atoms with van der Waals surface area (Å²) in [6.45, 7) is 0. The number of nitrogens with one attached hydrogen (secondary N) is 1. The minimum atomic E-state index is -1.17. The minimum absolute atomic E-state index is 0.0238. The molecule has 2 rings (SSSR count). The molecule has 1 unspecified atom stereocenters. The van der Waals surface area contributed by atoms with Gasteiger partial charge in [-0.15, -0.1) is 0 Å². The van der Waals surface area contributed by atoms with Crippen LogP contribution in [0.25, 0.3) is 10.8 Å². The molecular formula is C16H16N2O4. The second-order valence-corrected chi connectivity index (χ2v) is 4.89. The number of carbonyl (C=O) groups is 3. The highest BCUT2D eigenvalue weighted by Crippen LogP contribution is 2.18. The monoisotopic (exact) mass is 300 g/mol. The summed E-state index contributed by atoms with van der Waals surface area (Å²) in [6, 6.07) is 11.5. The van der Waals surface area contributed by atoms with Gasteiger partial charge in [0, 0.05) is 12.0 Å². The predicted molar refractivity (Wildman–Crippen MR) is 81.3 cm³/mol. The van der Waals surface area contributed by atoms with Crippen molar-refractivity contribution in [1.82, 2.24) is 5.32 Å². The van der Waals surface area contributed by atoms with Crippen molar-refractivity contribution in [2.75, 3.05) is 0 Å². The molecule has 2 aromatic carbocycles. The standard InChI is InChI=1S/C16H16N2O4/c17-13(16(21)22)8-9-14(19)18-15(20)12-7-3-5-10-4-1-2-6-11(10)12/h1-7,13H,8-9,17H2,(H,21,22)(H,18,19,20). The lowest BCUT2D eigenvalue weighted by molar-refractivity contribution is -0.138. The predicted octanol–water partition coefficient (Wildman–Crippen LogP) is 1.29. The lowest BCUT2D eigenvalue weighted by Crippen LogP contribution is -2.34. The summed E-state index contributed by atoms with van der Waals surface area (Å²) >= 11 is 0. The van der Waals surface area contributed by atoms with Gasteiger partial charge in [0.2, 0.25) is 5.91 Å². The number of carbonyl (C=O) groups excluding carboxylic acids is 2. The molecule has 0 aliphatic rings. The molecule has 6 nitrogen and oxygen atoms in total. The van der Waals surface area contributed by atoms with Crippen LogP contribution in [0, 0.1) is 0 Å². The van der Waals surface area contributed by atoms with Crippen LogP contribution in [0.2, 0.25) is 0 Å². The van der Waals surface area contributed by atoms with Crippen molar-refractivity contribution in [3.63, 3.8) is 0 Å². The van der Waals surface area contributed by atoms with Gasteiger partial charge in [0.1, 0.15) is 6.04 Å². The van der Waals surface area contributed by atoms with Gasteiger partial charge in [0.05, 0.1) is 0 Å². The van der Waals surface area contributed by atoms with E-state index < -0.39 is 23.8 Å². The quantitative estimate of drug-likeness (QED) is 0.770. The Morgan fingerprint density at radius 1 is 1.09 bits per heavy atom. The van der Waals surface area contributed by atoms with Gasteiger partial charge in [-0.2, -0.15) is 0 Å². The molecular weight excluding hydrogens is 284 g/mol. The zero-order valence-corrected chi connectivity index (χ0v) is 11.8. The van der Waals surface area contributed by atoms with Crippen LogP contribution in [0.4, 0.5) is 0 Å². The van der Waals surface area contributed by atoms with E-state index in [2.05, 4.69) is 5.32 Å². The number of carboxylic acids is 1. The van der Waals surface area contributed by atoms with Crippen LogP contribution in [-0.2, 0) is 9.59 Å². The molecule has 6 heteroatoms. The number of hydrogen-bond acceptors (Lipinski definition) is 4. The Labute approximate surface area is 126 Å². The molecule has 1 atom stereocenters. The molecule has 114 valence electrons. The summed E-state index contributed by atoms with van der Waals surface area (Å²) in [7, 11) is 0. The summed E-state index contributed by atoms with van der Waals surface area (Å²) in [4.78, 5) is 34.5. The fraction of sp³-hybridized carbons (Fsp3) is 0.188. The first-order valence-corrected chi connectivity index (χ1v) is 6.79. The lowest BCUT2D eigenvalue weighted by Gasteiger charge is -2.08. The van der Waals surface area contributed by atoms with Crippen LogP contribution < -0.4 is 11.1 Å².